The van der Waals surface area contributed by atoms with Crippen molar-refractivity contribution in [2.75, 3.05) is 6.54 Å². The Balaban J connectivity index is 1.69. The highest BCUT2D eigenvalue weighted by molar-refractivity contribution is 7.09. The van der Waals surface area contributed by atoms with Gasteiger partial charge in [-0.1, -0.05) is 6.07 Å². The van der Waals surface area contributed by atoms with Crippen LogP contribution in [0, 0.1) is 6.92 Å². The highest BCUT2D eigenvalue weighted by Crippen LogP contribution is 2.06. The quantitative estimate of drug-likeness (QED) is 0.796. The van der Waals surface area contributed by atoms with Gasteiger partial charge < -0.3 is 15.2 Å². The number of hydrogen-bond acceptors (Lipinski definition) is 4. The molecule has 0 aliphatic rings. The van der Waals surface area contributed by atoms with Gasteiger partial charge in [0.05, 0.1) is 6.54 Å². The summed E-state index contributed by atoms with van der Waals surface area (Å²) in [7, 11) is 0. The average molecular weight is 292 g/mol. The Morgan fingerprint density at radius 3 is 2.80 bits per heavy atom. The summed E-state index contributed by atoms with van der Waals surface area (Å²) >= 11 is 1.54. The number of thiophene rings is 1. The van der Waals surface area contributed by atoms with E-state index in [0.29, 0.717) is 19.6 Å². The Hall–Kier alpha value is -2.15. The number of nitrogens with one attached hydrogen (secondary N) is 2. The number of hydrogen-bond donors (Lipinski definition) is 2. The number of nitrogens with zero attached hydrogens (tertiary/aromatic N) is 2. The van der Waals surface area contributed by atoms with Crippen LogP contribution in [0.1, 0.15) is 10.7 Å². The third kappa shape index (κ3) is 3.92. The first kappa shape index (κ1) is 14.3. The maximum atomic E-state index is 11.6. The van der Waals surface area contributed by atoms with Crippen molar-refractivity contribution >= 4 is 23.2 Å². The predicted molar refractivity (Wildman–Crippen MR) is 76.1 cm³/mol. The van der Waals surface area contributed by atoms with Gasteiger partial charge in [-0.2, -0.15) is 0 Å². The molecule has 0 radical (unpaired) electrons. The van der Waals surface area contributed by atoms with Crippen molar-refractivity contribution in [3.8, 4) is 0 Å². The molecule has 0 saturated carbocycles. The highest BCUT2D eigenvalue weighted by atomic mass is 32.1. The summed E-state index contributed by atoms with van der Waals surface area (Å²) in [5.74, 6) is -0.346. The van der Waals surface area contributed by atoms with Gasteiger partial charge in [0.1, 0.15) is 5.82 Å². The molecule has 20 heavy (non-hydrogen) atoms. The number of carbonyl (C=O) groups is 2. The predicted octanol–water partition coefficient (Wildman–Crippen LogP) is 0.686. The molecule has 2 N–H and O–H groups in total. The molecule has 0 unspecified atom stereocenters. The van der Waals surface area contributed by atoms with Crippen molar-refractivity contribution in [3.63, 3.8) is 0 Å². The van der Waals surface area contributed by atoms with Gasteiger partial charge in [0, 0.05) is 30.4 Å². The lowest BCUT2D eigenvalue weighted by Crippen LogP contribution is -2.40. The Morgan fingerprint density at radius 1 is 1.35 bits per heavy atom. The molecule has 0 aliphatic heterocycles. The summed E-state index contributed by atoms with van der Waals surface area (Å²) in [5.41, 5.74) is 0. The standard InChI is InChI=1S/C13H16N4O2S/c1-10-14-4-6-17(10)7-5-15-12(18)13(19)16-9-11-3-2-8-20-11/h2-4,6,8H,5,7,9H2,1H3,(H,15,18)(H,16,19). The first-order chi connectivity index (χ1) is 9.66. The smallest absolute Gasteiger partial charge is 0.309 e. The van der Waals surface area contributed by atoms with Crippen LogP contribution in [0.5, 0.6) is 0 Å². The molecule has 2 rings (SSSR count). The Kier molecular flexibility index (Phi) is 4.89. The molecular formula is C13H16N4O2S. The van der Waals surface area contributed by atoms with Crippen LogP contribution in [0.3, 0.4) is 0 Å². The number of rotatable bonds is 5. The molecule has 2 aromatic heterocycles. The third-order valence-corrected chi connectivity index (χ3v) is 3.65. The van der Waals surface area contributed by atoms with E-state index in [-0.39, 0.29) is 0 Å². The topological polar surface area (TPSA) is 76.0 Å². The lowest BCUT2D eigenvalue weighted by atomic mass is 10.4. The summed E-state index contributed by atoms with van der Waals surface area (Å²) in [6.45, 7) is 3.25. The molecule has 2 aromatic rings. The van der Waals surface area contributed by atoms with E-state index in [9.17, 15) is 9.59 Å². The molecule has 0 fully saturated rings. The first-order valence-corrected chi connectivity index (χ1v) is 7.11. The molecule has 0 saturated heterocycles. The van der Waals surface area contributed by atoms with Crippen molar-refractivity contribution in [2.45, 2.75) is 20.0 Å². The van der Waals surface area contributed by atoms with Crippen LogP contribution < -0.4 is 10.6 Å². The molecule has 0 bridgehead atoms. The summed E-state index contributed by atoms with van der Waals surface area (Å²) in [4.78, 5) is 28.2. The average Bonchev–Trinajstić information content (AvgIpc) is 3.08. The Labute approximate surface area is 120 Å². The fraction of sp³-hybridized carbons (Fsp3) is 0.308. The van der Waals surface area contributed by atoms with Crippen LogP contribution in [0.2, 0.25) is 0 Å². The number of carbonyl (C=O) groups excluding carboxylic acids is 2. The summed E-state index contributed by atoms with van der Waals surface area (Å²) < 4.78 is 1.91. The normalized spacial score (nSPS) is 10.2. The van der Waals surface area contributed by atoms with E-state index in [1.54, 1.807) is 6.20 Å². The van der Waals surface area contributed by atoms with Crippen LogP contribution in [0.25, 0.3) is 0 Å². The molecule has 0 aliphatic carbocycles. The second-order valence-electron chi connectivity index (χ2n) is 4.19. The number of aryl methyl sites for hydroxylation is 1. The second kappa shape index (κ2) is 6.85. The molecule has 0 aromatic carbocycles. The first-order valence-electron chi connectivity index (χ1n) is 6.23. The van der Waals surface area contributed by atoms with Crippen molar-refractivity contribution in [3.05, 3.63) is 40.6 Å². The maximum absolute atomic E-state index is 11.6. The fourth-order valence-electron chi connectivity index (χ4n) is 1.67. The van der Waals surface area contributed by atoms with E-state index < -0.39 is 11.8 Å². The molecule has 2 amide bonds. The van der Waals surface area contributed by atoms with E-state index in [2.05, 4.69) is 15.6 Å². The Bertz CT molecular complexity index is 577. The van der Waals surface area contributed by atoms with Gasteiger partial charge in [-0.05, 0) is 18.4 Å². The number of amides is 2. The minimum Gasteiger partial charge on any atom is -0.346 e. The lowest BCUT2D eigenvalue weighted by molar-refractivity contribution is -0.139. The van der Waals surface area contributed by atoms with Crippen LogP contribution in [-0.4, -0.2) is 27.9 Å². The molecule has 6 nitrogen and oxygen atoms in total. The van der Waals surface area contributed by atoms with E-state index >= 15 is 0 Å². The zero-order chi connectivity index (χ0) is 14.4. The summed E-state index contributed by atoms with van der Waals surface area (Å²) in [6, 6.07) is 3.81. The monoisotopic (exact) mass is 292 g/mol. The van der Waals surface area contributed by atoms with Gasteiger partial charge in [-0.15, -0.1) is 11.3 Å². The van der Waals surface area contributed by atoms with Crippen molar-refractivity contribution in [1.82, 2.24) is 20.2 Å². The second-order valence-corrected chi connectivity index (χ2v) is 5.22. The summed E-state index contributed by atoms with van der Waals surface area (Å²) in [5, 5.41) is 7.09. The van der Waals surface area contributed by atoms with Gasteiger partial charge in [0.2, 0.25) is 0 Å². The van der Waals surface area contributed by atoms with Crippen molar-refractivity contribution in [1.29, 1.82) is 0 Å². The van der Waals surface area contributed by atoms with E-state index in [1.807, 2.05) is 35.2 Å². The minimum atomic E-state index is -0.612. The zero-order valence-corrected chi connectivity index (χ0v) is 11.9. The van der Waals surface area contributed by atoms with Gasteiger partial charge >= 0.3 is 11.8 Å². The highest BCUT2D eigenvalue weighted by Gasteiger charge is 2.12. The van der Waals surface area contributed by atoms with Crippen molar-refractivity contribution in [2.24, 2.45) is 0 Å². The Morgan fingerprint density at radius 2 is 2.15 bits per heavy atom. The third-order valence-electron chi connectivity index (χ3n) is 2.77. The molecule has 0 spiro atoms. The van der Waals surface area contributed by atoms with Crippen LogP contribution in [0.4, 0.5) is 0 Å². The maximum Gasteiger partial charge on any atom is 0.309 e. The fourth-order valence-corrected chi connectivity index (χ4v) is 2.32. The van der Waals surface area contributed by atoms with Gasteiger partial charge in [-0.25, -0.2) is 4.98 Å². The van der Waals surface area contributed by atoms with Gasteiger partial charge in [-0.3, -0.25) is 9.59 Å². The number of imidazole rings is 1. The molecule has 7 heteroatoms. The van der Waals surface area contributed by atoms with Gasteiger partial charge in [0.15, 0.2) is 0 Å². The SMILES string of the molecule is Cc1nccn1CCNC(=O)C(=O)NCc1cccs1. The van der Waals surface area contributed by atoms with Crippen molar-refractivity contribution < 1.29 is 9.59 Å². The van der Waals surface area contributed by atoms with Gasteiger partial charge in [0.25, 0.3) is 0 Å². The minimum absolute atomic E-state index is 0.380. The largest absolute Gasteiger partial charge is 0.346 e. The summed E-state index contributed by atoms with van der Waals surface area (Å²) in [6.07, 6.45) is 3.53. The van der Waals surface area contributed by atoms with Crippen LogP contribution in [-0.2, 0) is 22.7 Å². The van der Waals surface area contributed by atoms with Crippen LogP contribution >= 0.6 is 11.3 Å². The zero-order valence-electron chi connectivity index (χ0n) is 11.1. The van der Waals surface area contributed by atoms with Crippen LogP contribution in [0.15, 0.2) is 29.9 Å². The van der Waals surface area contributed by atoms with E-state index in [1.165, 1.54) is 11.3 Å². The lowest BCUT2D eigenvalue weighted by Gasteiger charge is -2.07. The molecular weight excluding hydrogens is 276 g/mol. The number of aromatic nitrogens is 2. The molecule has 0 atom stereocenters. The molecule has 2 heterocycles. The molecule has 106 valence electrons. The van der Waals surface area contributed by atoms with E-state index in [4.69, 9.17) is 0 Å². The van der Waals surface area contributed by atoms with E-state index in [0.717, 1.165) is 10.7 Å².